The van der Waals surface area contributed by atoms with E-state index in [0.717, 1.165) is 32.9 Å². The van der Waals surface area contributed by atoms with E-state index in [-0.39, 0.29) is 0 Å². The van der Waals surface area contributed by atoms with E-state index in [0.29, 0.717) is 0 Å². The minimum atomic E-state index is 0.918. The number of nitrogens with zero attached hydrogens (tertiary/aromatic N) is 2. The largest absolute Gasteiger partial charge is 0.253 e. The van der Waals surface area contributed by atoms with Gasteiger partial charge in [-0.15, -0.1) is 0 Å². The maximum absolute atomic E-state index is 5.01. The SMILES string of the molecule is c1ccc(-c2ccccc2-c2cnc3c(ccc4cc(-c5cc6ccccc6cc5-c5ccccc5)cnc43)c2)cc1. The van der Waals surface area contributed by atoms with Crippen molar-refractivity contribution < 1.29 is 0 Å². The van der Waals surface area contributed by atoms with Crippen molar-refractivity contribution in [1.29, 1.82) is 0 Å². The third-order valence-corrected chi connectivity index (χ3v) is 8.11. The molecule has 2 nitrogen and oxygen atoms in total. The van der Waals surface area contributed by atoms with Crippen LogP contribution in [0.3, 0.4) is 0 Å². The zero-order valence-electron chi connectivity index (χ0n) is 22.9. The fourth-order valence-electron chi connectivity index (χ4n) is 6.03. The van der Waals surface area contributed by atoms with Crippen molar-refractivity contribution in [2.45, 2.75) is 0 Å². The Bertz CT molecular complexity index is 2240. The summed E-state index contributed by atoms with van der Waals surface area (Å²) < 4.78 is 0. The van der Waals surface area contributed by atoms with Crippen LogP contribution in [-0.4, -0.2) is 9.97 Å². The van der Waals surface area contributed by atoms with Crippen LogP contribution in [0.25, 0.3) is 77.1 Å². The minimum Gasteiger partial charge on any atom is -0.253 e. The number of rotatable bonds is 4. The number of hydrogen-bond donors (Lipinski definition) is 0. The summed E-state index contributed by atoms with van der Waals surface area (Å²) in [4.78, 5) is 9.97. The van der Waals surface area contributed by atoms with Gasteiger partial charge in [-0.1, -0.05) is 121 Å². The molecule has 0 saturated carbocycles. The summed E-state index contributed by atoms with van der Waals surface area (Å²) in [5.41, 5.74) is 11.2. The lowest BCUT2D eigenvalue weighted by Crippen LogP contribution is -1.91. The smallest absolute Gasteiger partial charge is 0.0965 e. The Morgan fingerprint density at radius 2 is 0.690 bits per heavy atom. The highest BCUT2D eigenvalue weighted by atomic mass is 14.7. The third-order valence-electron chi connectivity index (χ3n) is 8.11. The van der Waals surface area contributed by atoms with E-state index in [9.17, 15) is 0 Å². The molecule has 2 aromatic heterocycles. The number of benzene rings is 6. The first kappa shape index (κ1) is 24.2. The van der Waals surface area contributed by atoms with Crippen LogP contribution in [0.5, 0.6) is 0 Å². The molecular weight excluding hydrogens is 508 g/mol. The van der Waals surface area contributed by atoms with Gasteiger partial charge in [-0.25, -0.2) is 0 Å². The van der Waals surface area contributed by atoms with Gasteiger partial charge in [-0.2, -0.15) is 0 Å². The lowest BCUT2D eigenvalue weighted by molar-refractivity contribution is 1.37. The molecule has 196 valence electrons. The minimum absolute atomic E-state index is 0.918. The molecule has 0 atom stereocenters. The molecule has 0 bridgehead atoms. The molecule has 0 amide bonds. The van der Waals surface area contributed by atoms with Crippen molar-refractivity contribution in [3.8, 4) is 44.5 Å². The summed E-state index contributed by atoms with van der Waals surface area (Å²) in [5.74, 6) is 0. The molecule has 8 rings (SSSR count). The Kier molecular flexibility index (Phi) is 5.82. The molecule has 0 saturated heterocycles. The van der Waals surface area contributed by atoms with Crippen LogP contribution in [0.2, 0.25) is 0 Å². The van der Waals surface area contributed by atoms with Gasteiger partial charge in [0.1, 0.15) is 0 Å². The fraction of sp³-hybridized carbons (Fsp3) is 0. The van der Waals surface area contributed by atoms with Crippen molar-refractivity contribution in [2.24, 2.45) is 0 Å². The van der Waals surface area contributed by atoms with E-state index in [1.807, 2.05) is 12.4 Å². The summed E-state index contributed by atoms with van der Waals surface area (Å²) in [6, 6.07) is 51.6. The van der Waals surface area contributed by atoms with Gasteiger partial charge in [0.15, 0.2) is 0 Å². The zero-order valence-corrected chi connectivity index (χ0v) is 22.9. The van der Waals surface area contributed by atoms with Crippen molar-refractivity contribution >= 4 is 32.6 Å². The Morgan fingerprint density at radius 1 is 0.286 bits per heavy atom. The monoisotopic (exact) mass is 534 g/mol. The van der Waals surface area contributed by atoms with Crippen LogP contribution in [-0.2, 0) is 0 Å². The summed E-state index contributed by atoms with van der Waals surface area (Å²) in [5, 5.41) is 4.61. The van der Waals surface area contributed by atoms with Crippen LogP contribution < -0.4 is 0 Å². The maximum Gasteiger partial charge on any atom is 0.0965 e. The Hall–Kier alpha value is -5.60. The average Bonchev–Trinajstić information content (AvgIpc) is 3.08. The molecule has 0 unspecified atom stereocenters. The average molecular weight is 535 g/mol. The zero-order chi connectivity index (χ0) is 27.9. The predicted octanol–water partition coefficient (Wildman–Crippen LogP) is 10.6. The Labute approximate surface area is 244 Å². The van der Waals surface area contributed by atoms with Crippen LogP contribution in [0.15, 0.2) is 158 Å². The van der Waals surface area contributed by atoms with E-state index in [1.165, 1.54) is 44.2 Å². The molecule has 42 heavy (non-hydrogen) atoms. The first-order valence-corrected chi connectivity index (χ1v) is 14.2. The quantitative estimate of drug-likeness (QED) is 0.210. The summed E-state index contributed by atoms with van der Waals surface area (Å²) in [6.45, 7) is 0. The molecule has 0 radical (unpaired) electrons. The van der Waals surface area contributed by atoms with Crippen molar-refractivity contribution in [1.82, 2.24) is 9.97 Å². The number of hydrogen-bond acceptors (Lipinski definition) is 2. The van der Waals surface area contributed by atoms with Crippen LogP contribution in [0.4, 0.5) is 0 Å². The molecule has 0 N–H and O–H groups in total. The standard InChI is InChI=1S/C40H26N2/c1-3-11-27(12-4-1)35-17-9-10-18-36(35)33-21-31-19-20-32-22-34(26-42-40(32)39(31)41-25-33)38-24-30-16-8-7-15-29(30)23-37(38)28-13-5-2-6-14-28/h1-26H. The number of pyridine rings is 2. The second-order valence-corrected chi connectivity index (χ2v) is 10.7. The second-order valence-electron chi connectivity index (χ2n) is 10.7. The van der Waals surface area contributed by atoms with E-state index in [1.54, 1.807) is 0 Å². The van der Waals surface area contributed by atoms with E-state index in [2.05, 4.69) is 146 Å². The highest BCUT2D eigenvalue weighted by Crippen LogP contribution is 2.38. The van der Waals surface area contributed by atoms with Gasteiger partial charge in [-0.3, -0.25) is 9.97 Å². The molecule has 2 heterocycles. The Balaban J connectivity index is 1.25. The van der Waals surface area contributed by atoms with E-state index >= 15 is 0 Å². The maximum atomic E-state index is 5.01. The topological polar surface area (TPSA) is 25.8 Å². The summed E-state index contributed by atoms with van der Waals surface area (Å²) in [7, 11) is 0. The van der Waals surface area contributed by atoms with E-state index < -0.39 is 0 Å². The van der Waals surface area contributed by atoms with E-state index in [4.69, 9.17) is 9.97 Å². The van der Waals surface area contributed by atoms with Crippen molar-refractivity contribution in [3.05, 3.63) is 158 Å². The predicted molar refractivity (Wildman–Crippen MR) is 176 cm³/mol. The molecular formula is C40H26N2. The first-order valence-electron chi connectivity index (χ1n) is 14.2. The molecule has 8 aromatic rings. The van der Waals surface area contributed by atoms with Crippen LogP contribution >= 0.6 is 0 Å². The molecule has 6 aromatic carbocycles. The van der Waals surface area contributed by atoms with Crippen LogP contribution in [0.1, 0.15) is 0 Å². The summed E-state index contributed by atoms with van der Waals surface area (Å²) in [6.07, 6.45) is 3.98. The first-order chi connectivity index (χ1) is 20.8. The molecule has 2 heteroatoms. The van der Waals surface area contributed by atoms with Gasteiger partial charge in [0.2, 0.25) is 0 Å². The van der Waals surface area contributed by atoms with Gasteiger partial charge < -0.3 is 0 Å². The van der Waals surface area contributed by atoms with Gasteiger partial charge in [0, 0.05) is 34.3 Å². The number of aromatic nitrogens is 2. The highest BCUT2D eigenvalue weighted by Gasteiger charge is 2.13. The third kappa shape index (κ3) is 4.22. The fourth-order valence-corrected chi connectivity index (χ4v) is 6.03. The van der Waals surface area contributed by atoms with Gasteiger partial charge in [0.05, 0.1) is 11.0 Å². The molecule has 0 aliphatic heterocycles. The Morgan fingerprint density at radius 3 is 1.24 bits per heavy atom. The molecule has 0 aliphatic carbocycles. The lowest BCUT2D eigenvalue weighted by atomic mass is 9.91. The highest BCUT2D eigenvalue weighted by molar-refractivity contribution is 6.06. The lowest BCUT2D eigenvalue weighted by Gasteiger charge is -2.14. The van der Waals surface area contributed by atoms with Crippen LogP contribution in [0, 0.1) is 0 Å². The van der Waals surface area contributed by atoms with Gasteiger partial charge in [-0.05, 0) is 68.4 Å². The molecule has 0 aliphatic rings. The molecule has 0 spiro atoms. The van der Waals surface area contributed by atoms with Gasteiger partial charge >= 0.3 is 0 Å². The summed E-state index contributed by atoms with van der Waals surface area (Å²) >= 11 is 0. The van der Waals surface area contributed by atoms with Crippen molar-refractivity contribution in [2.75, 3.05) is 0 Å². The molecule has 0 fully saturated rings. The van der Waals surface area contributed by atoms with Crippen molar-refractivity contribution in [3.63, 3.8) is 0 Å². The number of fused-ring (bicyclic) bond motifs is 4. The second kappa shape index (κ2) is 10.1. The normalized spacial score (nSPS) is 11.3. The van der Waals surface area contributed by atoms with Gasteiger partial charge in [0.25, 0.3) is 0 Å².